The van der Waals surface area contributed by atoms with Crippen LogP contribution in [0.15, 0.2) is 18.3 Å². The number of likely N-dealkylation sites (N-methyl/N-ethyl adjacent to an activating group) is 1. The molecule has 98 valence electrons. The lowest BCUT2D eigenvalue weighted by Gasteiger charge is -2.29. The Balaban J connectivity index is 1.96. The summed E-state index contributed by atoms with van der Waals surface area (Å²) in [5.41, 5.74) is 0. The average Bonchev–Trinajstić information content (AvgIpc) is 2.40. The van der Waals surface area contributed by atoms with Crippen LogP contribution in [0.1, 0.15) is 0 Å². The molecule has 0 saturated carbocycles. The van der Waals surface area contributed by atoms with Gasteiger partial charge in [0.05, 0.1) is 6.54 Å². The van der Waals surface area contributed by atoms with Crippen LogP contribution in [0.3, 0.4) is 0 Å². The number of nitrogens with zero attached hydrogens (tertiary/aromatic N) is 3. The van der Waals surface area contributed by atoms with Crippen LogP contribution in [0, 0.1) is 5.82 Å². The summed E-state index contributed by atoms with van der Waals surface area (Å²) in [5.74, 6) is -0.196. The van der Waals surface area contributed by atoms with Crippen molar-refractivity contribution in [3.8, 4) is 0 Å². The molecule has 0 bridgehead atoms. The summed E-state index contributed by atoms with van der Waals surface area (Å²) in [5, 5.41) is 3.18. The lowest BCUT2D eigenvalue weighted by atomic mass is 10.3. The number of piperazine rings is 1. The van der Waals surface area contributed by atoms with Crippen LogP contribution in [0.2, 0.25) is 0 Å². The number of aromatic nitrogens is 1. The fraction of sp³-hybridized carbons (Fsp3) is 0.500. The van der Waals surface area contributed by atoms with E-state index in [-0.39, 0.29) is 18.3 Å². The topological polar surface area (TPSA) is 48.5 Å². The van der Waals surface area contributed by atoms with Crippen LogP contribution < -0.4 is 10.2 Å². The van der Waals surface area contributed by atoms with Gasteiger partial charge in [-0.1, -0.05) is 0 Å². The molecule has 1 aliphatic rings. The summed E-state index contributed by atoms with van der Waals surface area (Å²) in [7, 11) is 1.67. The third kappa shape index (κ3) is 2.95. The Kier molecular flexibility index (Phi) is 4.09. The van der Waals surface area contributed by atoms with E-state index in [1.807, 2.05) is 0 Å². The number of nitrogens with one attached hydrogen (secondary N) is 1. The van der Waals surface area contributed by atoms with Gasteiger partial charge in [0, 0.05) is 39.4 Å². The summed E-state index contributed by atoms with van der Waals surface area (Å²) in [6, 6.07) is 2.87. The SMILES string of the molecule is CN(CC(=O)N1CCNCC1)c1ncccc1F. The van der Waals surface area contributed by atoms with E-state index in [0.717, 1.165) is 13.1 Å². The summed E-state index contributed by atoms with van der Waals surface area (Å²) in [6.07, 6.45) is 1.52. The van der Waals surface area contributed by atoms with Gasteiger partial charge >= 0.3 is 0 Å². The predicted molar refractivity (Wildman–Crippen MR) is 66.9 cm³/mol. The Bertz CT molecular complexity index is 420. The predicted octanol–water partition coefficient (Wildman–Crippen LogP) is 0.0887. The monoisotopic (exact) mass is 252 g/mol. The summed E-state index contributed by atoms with van der Waals surface area (Å²) in [4.78, 5) is 19.3. The zero-order valence-electron chi connectivity index (χ0n) is 10.4. The van der Waals surface area contributed by atoms with E-state index < -0.39 is 5.82 Å². The number of pyridine rings is 1. The Morgan fingerprint density at radius 1 is 1.56 bits per heavy atom. The molecule has 1 saturated heterocycles. The molecule has 5 nitrogen and oxygen atoms in total. The van der Waals surface area contributed by atoms with Crippen molar-refractivity contribution in [2.75, 3.05) is 44.7 Å². The van der Waals surface area contributed by atoms with Crippen LogP contribution >= 0.6 is 0 Å². The summed E-state index contributed by atoms with van der Waals surface area (Å²) >= 11 is 0. The van der Waals surface area contributed by atoms with Gasteiger partial charge in [0.2, 0.25) is 5.91 Å². The first kappa shape index (κ1) is 12.8. The third-order valence-electron chi connectivity index (χ3n) is 2.94. The molecule has 2 rings (SSSR count). The summed E-state index contributed by atoms with van der Waals surface area (Å²) < 4.78 is 13.5. The van der Waals surface area contributed by atoms with Gasteiger partial charge in [-0.25, -0.2) is 9.37 Å². The molecule has 1 aromatic heterocycles. The molecule has 1 aromatic rings. The van der Waals surface area contributed by atoms with Gasteiger partial charge in [-0.05, 0) is 12.1 Å². The minimum Gasteiger partial charge on any atom is -0.348 e. The van der Waals surface area contributed by atoms with Crippen molar-refractivity contribution >= 4 is 11.7 Å². The zero-order valence-corrected chi connectivity index (χ0v) is 10.4. The Morgan fingerprint density at radius 2 is 2.28 bits per heavy atom. The van der Waals surface area contributed by atoms with Crippen LogP contribution in [0.4, 0.5) is 10.2 Å². The minimum atomic E-state index is -0.409. The highest BCUT2D eigenvalue weighted by Gasteiger charge is 2.19. The average molecular weight is 252 g/mol. The van der Waals surface area contributed by atoms with Crippen molar-refractivity contribution in [2.45, 2.75) is 0 Å². The molecule has 0 unspecified atom stereocenters. The number of rotatable bonds is 3. The van der Waals surface area contributed by atoms with Crippen LogP contribution in [-0.4, -0.2) is 55.6 Å². The molecule has 1 aliphatic heterocycles. The molecule has 1 fully saturated rings. The van der Waals surface area contributed by atoms with Gasteiger partial charge in [0.25, 0.3) is 0 Å². The van der Waals surface area contributed by atoms with Crippen molar-refractivity contribution in [1.82, 2.24) is 15.2 Å². The van der Waals surface area contributed by atoms with Crippen molar-refractivity contribution < 1.29 is 9.18 Å². The second kappa shape index (κ2) is 5.77. The van der Waals surface area contributed by atoms with Crippen molar-refractivity contribution in [3.63, 3.8) is 0 Å². The van der Waals surface area contributed by atoms with Gasteiger partial charge in [0.15, 0.2) is 11.6 Å². The molecular formula is C12H17FN4O. The van der Waals surface area contributed by atoms with Crippen molar-refractivity contribution in [2.24, 2.45) is 0 Å². The molecular weight excluding hydrogens is 235 g/mol. The number of amides is 1. The maximum absolute atomic E-state index is 13.5. The number of anilines is 1. The maximum Gasteiger partial charge on any atom is 0.242 e. The molecule has 18 heavy (non-hydrogen) atoms. The summed E-state index contributed by atoms with van der Waals surface area (Å²) in [6.45, 7) is 3.18. The highest BCUT2D eigenvalue weighted by molar-refractivity contribution is 5.81. The van der Waals surface area contributed by atoms with Gasteiger partial charge in [-0.2, -0.15) is 0 Å². The number of halogens is 1. The fourth-order valence-electron chi connectivity index (χ4n) is 1.95. The van der Waals surface area contributed by atoms with Crippen LogP contribution in [0.5, 0.6) is 0 Å². The second-order valence-electron chi connectivity index (χ2n) is 4.30. The highest BCUT2D eigenvalue weighted by Crippen LogP contribution is 2.13. The Morgan fingerprint density at radius 3 is 2.94 bits per heavy atom. The van der Waals surface area contributed by atoms with Gasteiger partial charge < -0.3 is 15.1 Å². The van der Waals surface area contributed by atoms with E-state index in [9.17, 15) is 9.18 Å². The largest absolute Gasteiger partial charge is 0.348 e. The normalized spacial score (nSPS) is 15.6. The van der Waals surface area contributed by atoms with Crippen LogP contribution in [0.25, 0.3) is 0 Å². The number of carbonyl (C=O) groups is 1. The number of carbonyl (C=O) groups excluding carboxylic acids is 1. The molecule has 0 radical (unpaired) electrons. The van der Waals surface area contributed by atoms with Crippen molar-refractivity contribution in [3.05, 3.63) is 24.1 Å². The molecule has 1 amide bonds. The van der Waals surface area contributed by atoms with E-state index in [0.29, 0.717) is 13.1 Å². The first-order valence-electron chi connectivity index (χ1n) is 5.98. The van der Waals surface area contributed by atoms with E-state index in [1.165, 1.54) is 18.3 Å². The quantitative estimate of drug-likeness (QED) is 0.828. The number of hydrogen-bond donors (Lipinski definition) is 1. The number of hydrogen-bond acceptors (Lipinski definition) is 4. The van der Waals surface area contributed by atoms with E-state index in [2.05, 4.69) is 10.3 Å². The maximum atomic E-state index is 13.5. The molecule has 2 heterocycles. The third-order valence-corrected chi connectivity index (χ3v) is 2.94. The second-order valence-corrected chi connectivity index (χ2v) is 4.30. The van der Waals surface area contributed by atoms with Crippen LogP contribution in [-0.2, 0) is 4.79 Å². The van der Waals surface area contributed by atoms with E-state index >= 15 is 0 Å². The first-order chi connectivity index (χ1) is 8.68. The molecule has 6 heteroatoms. The first-order valence-corrected chi connectivity index (χ1v) is 5.98. The molecule has 0 aliphatic carbocycles. The van der Waals surface area contributed by atoms with E-state index in [4.69, 9.17) is 0 Å². The highest BCUT2D eigenvalue weighted by atomic mass is 19.1. The van der Waals surface area contributed by atoms with Crippen molar-refractivity contribution in [1.29, 1.82) is 0 Å². The molecule has 1 N–H and O–H groups in total. The molecule has 0 spiro atoms. The van der Waals surface area contributed by atoms with E-state index in [1.54, 1.807) is 16.8 Å². The molecule has 0 atom stereocenters. The lowest BCUT2D eigenvalue weighted by Crippen LogP contribution is -2.49. The van der Waals surface area contributed by atoms with Gasteiger partial charge in [0.1, 0.15) is 0 Å². The standard InChI is InChI=1S/C12H17FN4O/c1-16(12-10(13)3-2-4-15-12)9-11(18)17-7-5-14-6-8-17/h2-4,14H,5-9H2,1H3. The minimum absolute atomic E-state index is 0.00375. The zero-order chi connectivity index (χ0) is 13.0. The lowest BCUT2D eigenvalue weighted by molar-refractivity contribution is -0.130. The van der Waals surface area contributed by atoms with Gasteiger partial charge in [-0.15, -0.1) is 0 Å². The molecule has 0 aromatic carbocycles. The smallest absolute Gasteiger partial charge is 0.242 e. The Hall–Kier alpha value is -1.69. The Labute approximate surface area is 106 Å². The van der Waals surface area contributed by atoms with Gasteiger partial charge in [-0.3, -0.25) is 4.79 Å². The fourth-order valence-corrected chi connectivity index (χ4v) is 1.95.